The van der Waals surface area contributed by atoms with E-state index < -0.39 is 0 Å². The zero-order chi connectivity index (χ0) is 22.8. The molecule has 3 aromatic rings. The smallest absolute Gasteiger partial charge is 0.254 e. The number of allylic oxidation sites excluding steroid dienone is 4. The first-order chi connectivity index (χ1) is 15.9. The van der Waals surface area contributed by atoms with Crippen molar-refractivity contribution in [1.82, 2.24) is 14.9 Å². The molecular weight excluding hydrogens is 410 g/mol. The number of rotatable bonds is 2. The molecule has 1 amide bonds. The quantitative estimate of drug-likeness (QED) is 0.581. The molecule has 3 atom stereocenters. The third kappa shape index (κ3) is 2.78. The molecule has 5 nitrogen and oxygen atoms in total. The van der Waals surface area contributed by atoms with Crippen LogP contribution >= 0.6 is 0 Å². The lowest BCUT2D eigenvalue weighted by atomic mass is 9.45. The Hall–Kier alpha value is -3.34. The van der Waals surface area contributed by atoms with E-state index in [1.807, 2.05) is 24.3 Å². The number of hydrogen-bond donors (Lipinski definition) is 2. The fourth-order valence-electron chi connectivity index (χ4n) is 6.96. The molecule has 2 heterocycles. The maximum absolute atomic E-state index is 13.8. The molecule has 33 heavy (non-hydrogen) atoms. The van der Waals surface area contributed by atoms with Gasteiger partial charge in [0.25, 0.3) is 5.91 Å². The number of phenols is 1. The van der Waals surface area contributed by atoms with Crippen LogP contribution in [0.5, 0.6) is 5.75 Å². The summed E-state index contributed by atoms with van der Waals surface area (Å²) in [6.07, 6.45) is 13.2. The van der Waals surface area contributed by atoms with Gasteiger partial charge in [0, 0.05) is 23.6 Å². The Labute approximate surface area is 193 Å². The molecule has 5 heteroatoms. The Morgan fingerprint density at radius 1 is 1.18 bits per heavy atom. The second kappa shape index (κ2) is 7.08. The van der Waals surface area contributed by atoms with Gasteiger partial charge in [-0.3, -0.25) is 4.79 Å². The third-order valence-electron chi connectivity index (χ3n) is 8.64. The highest BCUT2D eigenvalue weighted by atomic mass is 16.3. The maximum Gasteiger partial charge on any atom is 0.254 e. The monoisotopic (exact) mass is 439 g/mol. The van der Waals surface area contributed by atoms with E-state index in [9.17, 15) is 9.90 Å². The molecule has 0 spiro atoms. The van der Waals surface area contributed by atoms with E-state index in [1.54, 1.807) is 12.4 Å². The number of hydrogen-bond acceptors (Lipinski definition) is 3. The minimum atomic E-state index is -0.167. The number of aromatic amines is 1. The van der Waals surface area contributed by atoms with E-state index in [1.165, 1.54) is 11.1 Å². The van der Waals surface area contributed by atoms with Crippen molar-refractivity contribution in [2.45, 2.75) is 44.6 Å². The van der Waals surface area contributed by atoms with Crippen LogP contribution in [-0.4, -0.2) is 38.5 Å². The second-order valence-electron chi connectivity index (χ2n) is 10.3. The van der Waals surface area contributed by atoms with Gasteiger partial charge in [-0.1, -0.05) is 44.2 Å². The first-order valence-electron chi connectivity index (χ1n) is 11.8. The van der Waals surface area contributed by atoms with Crippen LogP contribution < -0.4 is 0 Å². The van der Waals surface area contributed by atoms with Crippen molar-refractivity contribution in [3.63, 3.8) is 0 Å². The zero-order valence-electron chi connectivity index (χ0n) is 19.1. The van der Waals surface area contributed by atoms with Gasteiger partial charge in [-0.25, -0.2) is 4.98 Å². The lowest BCUT2D eigenvalue weighted by Crippen LogP contribution is -2.67. The summed E-state index contributed by atoms with van der Waals surface area (Å²) in [7, 11) is 0. The van der Waals surface area contributed by atoms with Crippen LogP contribution in [0.4, 0.5) is 0 Å². The molecule has 1 fully saturated rings. The third-order valence-corrected chi connectivity index (χ3v) is 8.64. The van der Waals surface area contributed by atoms with Gasteiger partial charge in [0.2, 0.25) is 0 Å². The van der Waals surface area contributed by atoms with Gasteiger partial charge in [0.1, 0.15) is 5.75 Å². The molecule has 1 saturated heterocycles. The van der Waals surface area contributed by atoms with Crippen molar-refractivity contribution in [3.05, 3.63) is 83.7 Å². The highest BCUT2D eigenvalue weighted by molar-refractivity contribution is 5.97. The molecular formula is C28H29N3O2. The van der Waals surface area contributed by atoms with Crippen molar-refractivity contribution < 1.29 is 9.90 Å². The summed E-state index contributed by atoms with van der Waals surface area (Å²) in [5.74, 6) is 0.739. The number of fused-ring (bicyclic) bond motifs is 5. The summed E-state index contributed by atoms with van der Waals surface area (Å²) < 4.78 is 0. The van der Waals surface area contributed by atoms with Gasteiger partial charge >= 0.3 is 0 Å². The van der Waals surface area contributed by atoms with Gasteiger partial charge in [-0.05, 0) is 72.1 Å². The number of aromatic hydroxyl groups is 1. The number of aromatic nitrogens is 2. The van der Waals surface area contributed by atoms with E-state index >= 15 is 0 Å². The Kier molecular flexibility index (Phi) is 4.35. The normalized spacial score (nSPS) is 27.5. The number of benzene rings is 2. The van der Waals surface area contributed by atoms with E-state index in [0.717, 1.165) is 30.3 Å². The number of piperidine rings is 1. The predicted molar refractivity (Wildman–Crippen MR) is 129 cm³/mol. The molecule has 0 saturated carbocycles. The average molecular weight is 440 g/mol. The fraction of sp³-hybridized carbons (Fsp3) is 0.357. The van der Waals surface area contributed by atoms with Crippen LogP contribution in [0.1, 0.15) is 48.2 Å². The van der Waals surface area contributed by atoms with Crippen molar-refractivity contribution in [2.24, 2.45) is 11.3 Å². The van der Waals surface area contributed by atoms with Gasteiger partial charge < -0.3 is 15.0 Å². The summed E-state index contributed by atoms with van der Waals surface area (Å²) in [6, 6.07) is 11.6. The van der Waals surface area contributed by atoms with E-state index in [0.29, 0.717) is 23.8 Å². The molecule has 2 aromatic carbocycles. The van der Waals surface area contributed by atoms with Crippen molar-refractivity contribution in [2.75, 3.05) is 6.54 Å². The van der Waals surface area contributed by atoms with Gasteiger partial charge in [-0.15, -0.1) is 0 Å². The van der Waals surface area contributed by atoms with Crippen LogP contribution in [0.2, 0.25) is 0 Å². The number of H-pyrrole nitrogens is 1. The van der Waals surface area contributed by atoms with Crippen molar-refractivity contribution >= 4 is 16.9 Å². The Morgan fingerprint density at radius 3 is 2.88 bits per heavy atom. The number of amides is 1. The van der Waals surface area contributed by atoms with E-state index in [2.05, 4.69) is 59.1 Å². The van der Waals surface area contributed by atoms with Crippen molar-refractivity contribution in [3.8, 4) is 5.75 Å². The molecule has 3 aliphatic rings. The Balaban J connectivity index is 1.46. The molecule has 2 N–H and O–H groups in total. The summed E-state index contributed by atoms with van der Waals surface area (Å²) in [5.41, 5.74) is 4.66. The number of imidazole rings is 1. The fourth-order valence-corrected chi connectivity index (χ4v) is 6.96. The molecule has 6 rings (SSSR count). The van der Waals surface area contributed by atoms with Crippen LogP contribution in [0.25, 0.3) is 11.0 Å². The van der Waals surface area contributed by atoms with Gasteiger partial charge in [-0.2, -0.15) is 0 Å². The number of carbonyl (C=O) groups excluding carboxylic acids is 1. The zero-order valence-corrected chi connectivity index (χ0v) is 19.1. The van der Waals surface area contributed by atoms with E-state index in [4.69, 9.17) is 0 Å². The first kappa shape index (κ1) is 20.3. The summed E-state index contributed by atoms with van der Waals surface area (Å²) in [6.45, 7) is 5.36. The van der Waals surface area contributed by atoms with Gasteiger partial charge in [0.15, 0.2) is 0 Å². The average Bonchev–Trinajstić information content (AvgIpc) is 3.28. The minimum Gasteiger partial charge on any atom is -0.508 e. The second-order valence-corrected chi connectivity index (χ2v) is 10.3. The topological polar surface area (TPSA) is 69.2 Å². The molecule has 2 aliphatic carbocycles. The largest absolute Gasteiger partial charge is 0.508 e. The lowest BCUT2D eigenvalue weighted by molar-refractivity contribution is -0.0520. The maximum atomic E-state index is 13.8. The predicted octanol–water partition coefficient (Wildman–Crippen LogP) is 5.14. The highest BCUT2D eigenvalue weighted by Gasteiger charge is 2.61. The highest BCUT2D eigenvalue weighted by Crippen LogP contribution is 2.61. The SMILES string of the molecule is CC1(C)C2Cc3ccc(O)cc3C1(C1C=CC=CC1)CCN2C(=O)c1ccc2nc[nH]c2c1. The van der Waals surface area contributed by atoms with Crippen LogP contribution in [0, 0.1) is 11.3 Å². The molecule has 2 bridgehead atoms. The number of phenolic OH excluding ortho intramolecular Hbond substituents is 1. The van der Waals surface area contributed by atoms with Gasteiger partial charge in [0.05, 0.1) is 17.4 Å². The standard InChI is InChI=1S/C28H29N3O2/c1-27(2)25-15-18-8-10-21(32)16-22(18)28(27,20-6-4-3-5-7-20)12-13-31(25)26(33)19-9-11-23-24(14-19)30-17-29-23/h3-6,8-11,14,16-17,20,25,32H,7,12-13,15H2,1-2H3,(H,29,30). The summed E-state index contributed by atoms with van der Waals surface area (Å²) in [4.78, 5) is 23.3. The summed E-state index contributed by atoms with van der Waals surface area (Å²) in [5, 5.41) is 10.4. The first-order valence-corrected chi connectivity index (χ1v) is 11.8. The Morgan fingerprint density at radius 2 is 2.06 bits per heavy atom. The number of nitrogens with zero attached hydrogens (tertiary/aromatic N) is 2. The minimum absolute atomic E-state index is 0.0764. The van der Waals surface area contributed by atoms with Crippen molar-refractivity contribution in [1.29, 1.82) is 0 Å². The van der Waals surface area contributed by atoms with Crippen LogP contribution in [-0.2, 0) is 11.8 Å². The molecule has 168 valence electrons. The lowest BCUT2D eigenvalue weighted by Gasteiger charge is -2.64. The van der Waals surface area contributed by atoms with E-state index in [-0.39, 0.29) is 22.8 Å². The molecule has 0 radical (unpaired) electrons. The van der Waals surface area contributed by atoms with Crippen LogP contribution in [0.15, 0.2) is 67.0 Å². The molecule has 1 aromatic heterocycles. The number of likely N-dealkylation sites (tertiary alicyclic amines) is 1. The van der Waals surface area contributed by atoms with Crippen LogP contribution in [0.3, 0.4) is 0 Å². The molecule has 1 aliphatic heterocycles. The number of nitrogens with one attached hydrogen (secondary N) is 1. The Bertz CT molecular complexity index is 1320. The number of carbonyl (C=O) groups is 1. The molecule has 3 unspecified atom stereocenters. The summed E-state index contributed by atoms with van der Waals surface area (Å²) >= 11 is 0.